The Kier molecular flexibility index (Phi) is 11.5. The predicted octanol–water partition coefficient (Wildman–Crippen LogP) is 2.81. The summed E-state index contributed by atoms with van der Waals surface area (Å²) in [6, 6.07) is 7.61. The summed E-state index contributed by atoms with van der Waals surface area (Å²) in [5.41, 5.74) is 7.07. The van der Waals surface area contributed by atoms with Gasteiger partial charge in [0.1, 0.15) is 0 Å². The van der Waals surface area contributed by atoms with Crippen LogP contribution in [0.4, 0.5) is 0 Å². The Hall–Kier alpha value is -1.73. The maximum absolute atomic E-state index is 12.2. The number of amides is 1. The zero-order valence-corrected chi connectivity index (χ0v) is 16.7. The second-order valence-corrected chi connectivity index (χ2v) is 6.88. The molecule has 2 rings (SSSR count). The maximum atomic E-state index is 12.2. The van der Waals surface area contributed by atoms with E-state index in [0.29, 0.717) is 57.8 Å². The smallest absolute Gasteiger partial charge is 0.251 e. The Morgan fingerprint density at radius 1 is 1.00 bits per heavy atom. The van der Waals surface area contributed by atoms with Gasteiger partial charge in [-0.25, -0.2) is 0 Å². The van der Waals surface area contributed by atoms with Crippen molar-refractivity contribution >= 4 is 5.91 Å². The van der Waals surface area contributed by atoms with Crippen LogP contribution in [0.15, 0.2) is 36.4 Å². The lowest BCUT2D eigenvalue weighted by atomic mass is 10.0. The molecule has 0 saturated heterocycles. The monoisotopic (exact) mass is 390 g/mol. The average molecular weight is 391 g/mol. The molecule has 1 aromatic carbocycles. The van der Waals surface area contributed by atoms with Crippen LogP contribution < -0.4 is 11.1 Å². The van der Waals surface area contributed by atoms with Gasteiger partial charge in [0.05, 0.1) is 39.1 Å². The van der Waals surface area contributed by atoms with Gasteiger partial charge in [-0.2, -0.15) is 0 Å². The van der Waals surface area contributed by atoms with Gasteiger partial charge in [-0.05, 0) is 49.8 Å². The van der Waals surface area contributed by atoms with Gasteiger partial charge in [-0.15, -0.1) is 0 Å². The number of allylic oxidation sites excluding steroid dienone is 2. The number of hydrogen-bond acceptors (Lipinski definition) is 5. The van der Waals surface area contributed by atoms with Gasteiger partial charge in [0.15, 0.2) is 0 Å². The standard InChI is InChI=1S/C22H34N2O4/c23-12-14-26-16-17-27-15-13-24-22(25)20-10-8-19(9-11-20)18-28-21-6-4-2-1-3-5-7-21/h1-2,8-11,21H,3-7,12-18,23H2,(H,24,25)/b2-1+. The first-order valence-electron chi connectivity index (χ1n) is 10.3. The second kappa shape index (κ2) is 14.3. The highest BCUT2D eigenvalue weighted by Crippen LogP contribution is 2.17. The molecule has 3 N–H and O–H groups in total. The maximum Gasteiger partial charge on any atom is 0.251 e. The van der Waals surface area contributed by atoms with Crippen molar-refractivity contribution in [2.45, 2.75) is 44.8 Å². The molecule has 1 unspecified atom stereocenters. The lowest BCUT2D eigenvalue weighted by Crippen LogP contribution is -2.27. The number of rotatable bonds is 12. The molecule has 156 valence electrons. The van der Waals surface area contributed by atoms with E-state index in [1.165, 1.54) is 6.42 Å². The third kappa shape index (κ3) is 9.46. The van der Waals surface area contributed by atoms with Crippen LogP contribution in [-0.2, 0) is 20.8 Å². The summed E-state index contributed by atoms with van der Waals surface area (Å²) in [5.74, 6) is -0.0951. The number of nitrogens with one attached hydrogen (secondary N) is 1. The molecule has 1 aliphatic carbocycles. The number of carbonyl (C=O) groups excluding carboxylic acids is 1. The summed E-state index contributed by atoms with van der Waals surface area (Å²) < 4.78 is 16.7. The zero-order chi connectivity index (χ0) is 19.9. The van der Waals surface area contributed by atoms with E-state index in [9.17, 15) is 4.79 Å². The predicted molar refractivity (Wildman–Crippen MR) is 110 cm³/mol. The number of ether oxygens (including phenoxy) is 3. The van der Waals surface area contributed by atoms with Crippen LogP contribution in [-0.4, -0.2) is 51.5 Å². The van der Waals surface area contributed by atoms with Crippen molar-refractivity contribution in [2.24, 2.45) is 5.73 Å². The summed E-state index contributed by atoms with van der Waals surface area (Å²) in [5, 5.41) is 2.85. The van der Waals surface area contributed by atoms with E-state index in [-0.39, 0.29) is 5.91 Å². The van der Waals surface area contributed by atoms with E-state index in [2.05, 4.69) is 17.5 Å². The van der Waals surface area contributed by atoms with Crippen molar-refractivity contribution in [1.82, 2.24) is 5.32 Å². The molecule has 1 amide bonds. The van der Waals surface area contributed by atoms with E-state index in [1.807, 2.05) is 24.3 Å². The quantitative estimate of drug-likeness (QED) is 0.424. The summed E-state index contributed by atoms with van der Waals surface area (Å²) in [4.78, 5) is 12.2. The first kappa shape index (κ1) is 22.6. The molecule has 0 saturated carbocycles. The number of hydrogen-bond donors (Lipinski definition) is 2. The minimum absolute atomic E-state index is 0.0951. The van der Waals surface area contributed by atoms with E-state index in [1.54, 1.807) is 0 Å². The summed E-state index contributed by atoms with van der Waals surface area (Å²) in [7, 11) is 0. The van der Waals surface area contributed by atoms with E-state index in [0.717, 1.165) is 31.2 Å². The van der Waals surface area contributed by atoms with Gasteiger partial charge in [0.2, 0.25) is 0 Å². The van der Waals surface area contributed by atoms with Crippen molar-refractivity contribution in [2.75, 3.05) is 39.5 Å². The molecular formula is C22H34N2O4. The molecule has 6 heteroatoms. The van der Waals surface area contributed by atoms with Gasteiger partial charge in [0.25, 0.3) is 5.91 Å². The van der Waals surface area contributed by atoms with E-state index >= 15 is 0 Å². The highest BCUT2D eigenvalue weighted by molar-refractivity contribution is 5.94. The first-order chi connectivity index (χ1) is 13.8. The molecule has 28 heavy (non-hydrogen) atoms. The fourth-order valence-corrected chi connectivity index (χ4v) is 3.00. The van der Waals surface area contributed by atoms with Crippen molar-refractivity contribution in [3.63, 3.8) is 0 Å². The van der Waals surface area contributed by atoms with Gasteiger partial charge >= 0.3 is 0 Å². The lowest BCUT2D eigenvalue weighted by molar-refractivity contribution is 0.0283. The molecule has 1 atom stereocenters. The molecular weight excluding hydrogens is 356 g/mol. The number of carbonyl (C=O) groups is 1. The van der Waals surface area contributed by atoms with Crippen LogP contribution in [0.5, 0.6) is 0 Å². The normalized spacial score (nSPS) is 18.2. The summed E-state index contributed by atoms with van der Waals surface area (Å²) >= 11 is 0. The van der Waals surface area contributed by atoms with Crippen molar-refractivity contribution in [3.05, 3.63) is 47.5 Å². The molecule has 0 spiro atoms. The molecule has 6 nitrogen and oxygen atoms in total. The highest BCUT2D eigenvalue weighted by Gasteiger charge is 2.10. The minimum atomic E-state index is -0.0951. The molecule has 0 bridgehead atoms. The molecule has 1 aromatic rings. The molecule has 0 heterocycles. The van der Waals surface area contributed by atoms with Gasteiger partial charge in [-0.3, -0.25) is 4.79 Å². The molecule has 0 aromatic heterocycles. The third-order valence-electron chi connectivity index (χ3n) is 4.59. The fraction of sp³-hybridized carbons (Fsp3) is 0.591. The third-order valence-corrected chi connectivity index (χ3v) is 4.59. The number of benzene rings is 1. The first-order valence-corrected chi connectivity index (χ1v) is 10.3. The van der Waals surface area contributed by atoms with Crippen molar-refractivity contribution in [3.8, 4) is 0 Å². The van der Waals surface area contributed by atoms with Crippen LogP contribution in [0.3, 0.4) is 0 Å². The summed E-state index contributed by atoms with van der Waals surface area (Å²) in [6.07, 6.45) is 10.5. The number of nitrogens with two attached hydrogens (primary N) is 1. The van der Waals surface area contributed by atoms with E-state index in [4.69, 9.17) is 19.9 Å². The van der Waals surface area contributed by atoms with Gasteiger partial charge in [0, 0.05) is 18.7 Å². The Bertz CT molecular complexity index is 574. The Labute approximate surface area is 168 Å². The molecule has 1 aliphatic rings. The zero-order valence-electron chi connectivity index (χ0n) is 16.7. The minimum Gasteiger partial charge on any atom is -0.378 e. The van der Waals surface area contributed by atoms with Crippen LogP contribution in [0.1, 0.15) is 48.0 Å². The van der Waals surface area contributed by atoms with Crippen molar-refractivity contribution in [1.29, 1.82) is 0 Å². The molecule has 0 aliphatic heterocycles. The largest absolute Gasteiger partial charge is 0.378 e. The molecule has 0 radical (unpaired) electrons. The van der Waals surface area contributed by atoms with Crippen LogP contribution in [0, 0.1) is 0 Å². The Balaban J connectivity index is 1.61. The van der Waals surface area contributed by atoms with Crippen molar-refractivity contribution < 1.29 is 19.0 Å². The second-order valence-electron chi connectivity index (χ2n) is 6.88. The highest BCUT2D eigenvalue weighted by atomic mass is 16.5. The SMILES string of the molecule is NCCOCCOCCNC(=O)c1ccc(COC2CC/C=C/CCC2)cc1. The van der Waals surface area contributed by atoms with Gasteiger partial charge in [-0.1, -0.05) is 24.3 Å². The lowest BCUT2D eigenvalue weighted by Gasteiger charge is -2.18. The Morgan fingerprint density at radius 2 is 1.75 bits per heavy atom. The summed E-state index contributed by atoms with van der Waals surface area (Å²) in [6.45, 7) is 3.60. The van der Waals surface area contributed by atoms with Gasteiger partial charge < -0.3 is 25.3 Å². The fourth-order valence-electron chi connectivity index (χ4n) is 3.00. The van der Waals surface area contributed by atoms with Crippen LogP contribution in [0.25, 0.3) is 0 Å². The van der Waals surface area contributed by atoms with Crippen LogP contribution in [0.2, 0.25) is 0 Å². The average Bonchev–Trinajstić information content (AvgIpc) is 2.69. The molecule has 0 fully saturated rings. The Morgan fingerprint density at radius 3 is 2.54 bits per heavy atom. The van der Waals surface area contributed by atoms with E-state index < -0.39 is 0 Å². The van der Waals surface area contributed by atoms with Crippen LogP contribution >= 0.6 is 0 Å². The topological polar surface area (TPSA) is 82.8 Å².